The first-order valence-corrected chi connectivity index (χ1v) is 10.5. The normalized spacial score (nSPS) is 14.5. The van der Waals surface area contributed by atoms with Crippen molar-refractivity contribution in [3.8, 4) is 22.9 Å². The van der Waals surface area contributed by atoms with Crippen molar-refractivity contribution in [3.63, 3.8) is 0 Å². The zero-order valence-corrected chi connectivity index (χ0v) is 18.0. The van der Waals surface area contributed by atoms with E-state index in [2.05, 4.69) is 26.6 Å². The molecule has 1 aliphatic heterocycles. The van der Waals surface area contributed by atoms with Gasteiger partial charge in [-0.3, -0.25) is 9.69 Å². The Morgan fingerprint density at radius 1 is 0.968 bits per heavy atom. The van der Waals surface area contributed by atoms with Crippen LogP contribution in [0.2, 0.25) is 0 Å². The summed E-state index contributed by atoms with van der Waals surface area (Å²) in [5.41, 5.74) is 1.69. The Balaban J connectivity index is 1.33. The van der Waals surface area contributed by atoms with Gasteiger partial charge >= 0.3 is 0 Å². The SMILES string of the molecule is COc1ccc(C(=O)N2CCN(CCn3ccnc3-c3ccccc3)CC2)c(OC)c1. The molecular weight excluding hydrogens is 392 g/mol. The van der Waals surface area contributed by atoms with Crippen LogP contribution in [0.4, 0.5) is 0 Å². The lowest BCUT2D eigenvalue weighted by Crippen LogP contribution is -2.49. The molecule has 0 aliphatic carbocycles. The maximum absolute atomic E-state index is 13.0. The quantitative estimate of drug-likeness (QED) is 0.588. The molecule has 0 N–H and O–H groups in total. The number of hydrogen-bond donors (Lipinski definition) is 0. The highest BCUT2D eigenvalue weighted by molar-refractivity contribution is 5.97. The van der Waals surface area contributed by atoms with Gasteiger partial charge in [0.25, 0.3) is 5.91 Å². The van der Waals surface area contributed by atoms with E-state index in [-0.39, 0.29) is 5.91 Å². The molecule has 1 saturated heterocycles. The van der Waals surface area contributed by atoms with Crippen LogP contribution in [0.25, 0.3) is 11.4 Å². The van der Waals surface area contributed by atoms with Crippen LogP contribution in [-0.2, 0) is 6.54 Å². The minimum absolute atomic E-state index is 0.000117. The van der Waals surface area contributed by atoms with Crippen molar-refractivity contribution in [2.75, 3.05) is 46.9 Å². The van der Waals surface area contributed by atoms with Crippen LogP contribution in [0.5, 0.6) is 11.5 Å². The Morgan fingerprint density at radius 2 is 1.74 bits per heavy atom. The third-order valence-electron chi connectivity index (χ3n) is 5.70. The van der Waals surface area contributed by atoms with Crippen molar-refractivity contribution < 1.29 is 14.3 Å². The minimum atomic E-state index is 0.000117. The number of nitrogens with zero attached hydrogens (tertiary/aromatic N) is 4. The van der Waals surface area contributed by atoms with Gasteiger partial charge in [-0.2, -0.15) is 0 Å². The number of aromatic nitrogens is 2. The first kappa shape index (κ1) is 20.9. The van der Waals surface area contributed by atoms with Crippen LogP contribution in [0.15, 0.2) is 60.9 Å². The molecule has 0 saturated carbocycles. The monoisotopic (exact) mass is 420 g/mol. The van der Waals surface area contributed by atoms with Crippen molar-refractivity contribution >= 4 is 5.91 Å². The highest BCUT2D eigenvalue weighted by Crippen LogP contribution is 2.26. The van der Waals surface area contributed by atoms with Gasteiger partial charge in [-0.1, -0.05) is 30.3 Å². The Kier molecular flexibility index (Phi) is 6.52. The number of piperazine rings is 1. The van der Waals surface area contributed by atoms with E-state index in [0.717, 1.165) is 37.6 Å². The Bertz CT molecular complexity index is 1010. The van der Waals surface area contributed by atoms with E-state index in [4.69, 9.17) is 9.47 Å². The highest BCUT2D eigenvalue weighted by atomic mass is 16.5. The molecule has 0 unspecified atom stereocenters. The van der Waals surface area contributed by atoms with E-state index in [1.165, 1.54) is 0 Å². The lowest BCUT2D eigenvalue weighted by atomic mass is 10.1. The second kappa shape index (κ2) is 9.66. The fourth-order valence-corrected chi connectivity index (χ4v) is 3.91. The first-order chi connectivity index (χ1) is 15.2. The minimum Gasteiger partial charge on any atom is -0.497 e. The van der Waals surface area contributed by atoms with Gasteiger partial charge in [-0.25, -0.2) is 4.98 Å². The second-order valence-corrected chi connectivity index (χ2v) is 7.51. The number of imidazole rings is 1. The average molecular weight is 421 g/mol. The fraction of sp³-hybridized carbons (Fsp3) is 0.333. The van der Waals surface area contributed by atoms with Gasteiger partial charge in [0.1, 0.15) is 17.3 Å². The van der Waals surface area contributed by atoms with Crippen molar-refractivity contribution in [1.29, 1.82) is 0 Å². The molecule has 7 nitrogen and oxygen atoms in total. The molecule has 31 heavy (non-hydrogen) atoms. The average Bonchev–Trinajstić information content (AvgIpc) is 3.31. The van der Waals surface area contributed by atoms with Crippen LogP contribution in [0.1, 0.15) is 10.4 Å². The topological polar surface area (TPSA) is 59.8 Å². The molecule has 2 aromatic carbocycles. The second-order valence-electron chi connectivity index (χ2n) is 7.51. The van der Waals surface area contributed by atoms with Gasteiger partial charge in [-0.05, 0) is 12.1 Å². The van der Waals surface area contributed by atoms with Crippen LogP contribution >= 0.6 is 0 Å². The summed E-state index contributed by atoms with van der Waals surface area (Å²) >= 11 is 0. The largest absolute Gasteiger partial charge is 0.497 e. The molecule has 4 rings (SSSR count). The van der Waals surface area contributed by atoms with Gasteiger partial charge in [0, 0.05) is 63.3 Å². The van der Waals surface area contributed by atoms with E-state index >= 15 is 0 Å². The smallest absolute Gasteiger partial charge is 0.257 e. The summed E-state index contributed by atoms with van der Waals surface area (Å²) in [5, 5.41) is 0. The molecule has 0 bridgehead atoms. The lowest BCUT2D eigenvalue weighted by molar-refractivity contribution is 0.0630. The zero-order chi connectivity index (χ0) is 21.6. The number of hydrogen-bond acceptors (Lipinski definition) is 5. The van der Waals surface area contributed by atoms with Crippen molar-refractivity contribution in [1.82, 2.24) is 19.4 Å². The Hall–Kier alpha value is -3.32. The van der Waals surface area contributed by atoms with Gasteiger partial charge < -0.3 is 18.9 Å². The lowest BCUT2D eigenvalue weighted by Gasteiger charge is -2.35. The number of ether oxygens (including phenoxy) is 2. The zero-order valence-electron chi connectivity index (χ0n) is 18.0. The van der Waals surface area contributed by atoms with Crippen LogP contribution < -0.4 is 9.47 Å². The fourth-order valence-electron chi connectivity index (χ4n) is 3.91. The predicted octanol–water partition coefficient (Wildman–Crippen LogP) is 3.03. The molecule has 1 aromatic heterocycles. The van der Waals surface area contributed by atoms with E-state index < -0.39 is 0 Å². The van der Waals surface area contributed by atoms with Crippen LogP contribution in [0.3, 0.4) is 0 Å². The number of amides is 1. The summed E-state index contributed by atoms with van der Waals surface area (Å²) in [5.74, 6) is 2.20. The van der Waals surface area contributed by atoms with E-state index in [1.807, 2.05) is 35.5 Å². The molecule has 0 radical (unpaired) electrons. The molecular formula is C24H28N4O3. The summed E-state index contributed by atoms with van der Waals surface area (Å²) in [6.45, 7) is 4.88. The number of carbonyl (C=O) groups excluding carboxylic acids is 1. The number of benzene rings is 2. The summed E-state index contributed by atoms with van der Waals surface area (Å²) in [6.07, 6.45) is 3.87. The predicted molar refractivity (Wildman–Crippen MR) is 120 cm³/mol. The Labute approximate surface area is 182 Å². The molecule has 1 amide bonds. The van der Waals surface area contributed by atoms with Crippen molar-refractivity contribution in [3.05, 3.63) is 66.5 Å². The maximum Gasteiger partial charge on any atom is 0.257 e. The maximum atomic E-state index is 13.0. The molecule has 162 valence electrons. The first-order valence-electron chi connectivity index (χ1n) is 10.5. The molecule has 0 atom stereocenters. The van der Waals surface area contributed by atoms with Crippen LogP contribution in [-0.4, -0.2) is 72.2 Å². The summed E-state index contributed by atoms with van der Waals surface area (Å²) in [6, 6.07) is 15.5. The molecule has 1 aliphatic rings. The standard InChI is InChI=1S/C24H28N4O3/c1-30-20-8-9-21(22(18-20)31-2)24(29)28-16-13-26(14-17-28)12-15-27-11-10-25-23(27)19-6-4-3-5-7-19/h3-11,18H,12-17H2,1-2H3. The van der Waals surface area contributed by atoms with Gasteiger partial charge in [0.2, 0.25) is 0 Å². The number of methoxy groups -OCH3 is 2. The van der Waals surface area contributed by atoms with Crippen molar-refractivity contribution in [2.45, 2.75) is 6.54 Å². The third kappa shape index (κ3) is 4.72. The van der Waals surface area contributed by atoms with Crippen molar-refractivity contribution in [2.24, 2.45) is 0 Å². The molecule has 0 spiro atoms. The Morgan fingerprint density at radius 3 is 2.45 bits per heavy atom. The summed E-state index contributed by atoms with van der Waals surface area (Å²) < 4.78 is 12.8. The number of carbonyl (C=O) groups is 1. The third-order valence-corrected chi connectivity index (χ3v) is 5.70. The van der Waals surface area contributed by atoms with Gasteiger partial charge in [0.05, 0.1) is 19.8 Å². The molecule has 2 heterocycles. The van der Waals surface area contributed by atoms with Crippen LogP contribution in [0, 0.1) is 0 Å². The number of rotatable bonds is 7. The highest BCUT2D eigenvalue weighted by Gasteiger charge is 2.24. The molecule has 1 fully saturated rings. The van der Waals surface area contributed by atoms with Gasteiger partial charge in [0.15, 0.2) is 0 Å². The van der Waals surface area contributed by atoms with E-state index in [1.54, 1.807) is 32.4 Å². The summed E-state index contributed by atoms with van der Waals surface area (Å²) in [4.78, 5) is 21.8. The molecule has 7 heteroatoms. The summed E-state index contributed by atoms with van der Waals surface area (Å²) in [7, 11) is 3.17. The van der Waals surface area contributed by atoms with E-state index in [0.29, 0.717) is 30.2 Å². The van der Waals surface area contributed by atoms with E-state index in [9.17, 15) is 4.79 Å². The molecule has 3 aromatic rings. The van der Waals surface area contributed by atoms with Gasteiger partial charge in [-0.15, -0.1) is 0 Å².